The minimum Gasteiger partial charge on any atom is -0.544 e. The molecule has 0 aliphatic carbocycles. The Kier molecular flexibility index (Phi) is 4.36. The summed E-state index contributed by atoms with van der Waals surface area (Å²) in [6.45, 7) is 13.8. The van der Waals surface area contributed by atoms with Gasteiger partial charge in [0.25, 0.3) is 8.32 Å². The van der Waals surface area contributed by atoms with Gasteiger partial charge in [-0.05, 0) is 16.6 Å². The molecule has 1 heterocycles. The van der Waals surface area contributed by atoms with Crippen LogP contribution < -0.4 is 0 Å². The largest absolute Gasteiger partial charge is 0.544 e. The van der Waals surface area contributed by atoms with Gasteiger partial charge in [-0.2, -0.15) is 0 Å². The quantitative estimate of drug-likeness (QED) is 0.648. The van der Waals surface area contributed by atoms with Crippen LogP contribution in [0, 0.1) is 0 Å². The first-order valence-corrected chi connectivity index (χ1v) is 8.45. The molecule has 0 atom stereocenters. The average Bonchev–Trinajstić information content (AvgIpc) is 2.64. The van der Waals surface area contributed by atoms with E-state index in [2.05, 4.69) is 46.5 Å². The molecule has 0 amide bonds. The summed E-state index contributed by atoms with van der Waals surface area (Å²) in [6.07, 6.45) is 4.69. The fourth-order valence-electron chi connectivity index (χ4n) is 2.98. The molecule has 2 nitrogen and oxygen atoms in total. The van der Waals surface area contributed by atoms with Gasteiger partial charge in [0.1, 0.15) is 5.76 Å². The van der Waals surface area contributed by atoms with Gasteiger partial charge < -0.3 is 4.43 Å². The number of rotatable bonds is 5. The number of hydrogen-bond donors (Lipinski definition) is 0. The minimum absolute atomic E-state index is 0.633. The highest BCUT2D eigenvalue weighted by atomic mass is 28.4. The summed E-state index contributed by atoms with van der Waals surface area (Å²) in [4.78, 5) is 4.14. The van der Waals surface area contributed by atoms with Crippen LogP contribution in [0.4, 0.5) is 0 Å². The van der Waals surface area contributed by atoms with Crippen molar-refractivity contribution in [3.8, 4) is 0 Å². The van der Waals surface area contributed by atoms with Crippen molar-refractivity contribution in [3.05, 3.63) is 12.0 Å². The van der Waals surface area contributed by atoms with E-state index in [4.69, 9.17) is 4.43 Å². The molecule has 1 rings (SSSR count). The molecule has 0 spiro atoms. The van der Waals surface area contributed by atoms with Crippen LogP contribution in [0.5, 0.6) is 0 Å². The zero-order valence-corrected chi connectivity index (χ0v) is 12.4. The van der Waals surface area contributed by atoms with Crippen molar-refractivity contribution in [3.63, 3.8) is 0 Å². The van der Waals surface area contributed by atoms with E-state index in [-0.39, 0.29) is 0 Å². The number of aliphatic imine (C=N–C) groups is 1. The van der Waals surface area contributed by atoms with Crippen LogP contribution in [-0.4, -0.2) is 14.5 Å². The maximum atomic E-state index is 6.46. The molecule has 0 N–H and O–H groups in total. The molecule has 92 valence electrons. The lowest BCUT2D eigenvalue weighted by Crippen LogP contribution is -2.47. The van der Waals surface area contributed by atoms with Gasteiger partial charge in [-0.3, -0.25) is 4.99 Å². The van der Waals surface area contributed by atoms with Gasteiger partial charge in [0.15, 0.2) is 0 Å². The third kappa shape index (κ3) is 2.39. The Morgan fingerprint density at radius 2 is 1.56 bits per heavy atom. The fourth-order valence-corrected chi connectivity index (χ4v) is 8.28. The van der Waals surface area contributed by atoms with Crippen LogP contribution in [0.1, 0.15) is 48.0 Å². The Hall–Kier alpha value is -0.573. The van der Waals surface area contributed by atoms with Gasteiger partial charge in [-0.15, -0.1) is 0 Å². The summed E-state index contributed by atoms with van der Waals surface area (Å²) in [5.41, 5.74) is 1.90. The zero-order chi connectivity index (χ0) is 12.3. The molecular weight excluding hydrogens is 214 g/mol. The third-order valence-corrected chi connectivity index (χ3v) is 9.66. The van der Waals surface area contributed by atoms with Crippen LogP contribution in [0.25, 0.3) is 0 Å². The first-order chi connectivity index (χ1) is 7.41. The lowest BCUT2D eigenvalue weighted by molar-refractivity contribution is 0.368. The van der Waals surface area contributed by atoms with Crippen molar-refractivity contribution in [2.75, 3.05) is 0 Å². The standard InChI is InChI=1S/C13H25NOSi/c1-10(2)16(11(3)4,12(5)6)15-13-7-8-14-9-13/h8-12H,7H2,1-6H3. The smallest absolute Gasteiger partial charge is 0.258 e. The van der Waals surface area contributed by atoms with Gasteiger partial charge in [-0.1, -0.05) is 41.5 Å². The van der Waals surface area contributed by atoms with Crippen molar-refractivity contribution in [2.45, 2.75) is 64.6 Å². The normalized spacial score (nSPS) is 16.4. The second kappa shape index (κ2) is 5.17. The highest BCUT2D eigenvalue weighted by molar-refractivity contribution is 6.77. The molecule has 0 aromatic rings. The average molecular weight is 239 g/mol. The van der Waals surface area contributed by atoms with Crippen LogP contribution in [0.2, 0.25) is 16.6 Å². The Labute approximate surface area is 101 Å². The summed E-state index contributed by atoms with van der Waals surface area (Å²) in [5.74, 6) is 1.07. The summed E-state index contributed by atoms with van der Waals surface area (Å²) < 4.78 is 6.46. The lowest BCUT2D eigenvalue weighted by atomic mass is 10.4. The Morgan fingerprint density at radius 1 is 1.06 bits per heavy atom. The Morgan fingerprint density at radius 3 is 1.88 bits per heavy atom. The molecule has 0 radical (unpaired) electrons. The van der Waals surface area contributed by atoms with Crippen LogP contribution >= 0.6 is 0 Å². The summed E-state index contributed by atoms with van der Waals surface area (Å²) in [6, 6.07) is 0. The second-order valence-electron chi connectivity index (χ2n) is 5.55. The van der Waals surface area contributed by atoms with Gasteiger partial charge in [0.05, 0.1) is 6.20 Å². The molecular formula is C13H25NOSi. The van der Waals surface area contributed by atoms with Gasteiger partial charge >= 0.3 is 0 Å². The molecule has 1 aliphatic rings. The molecule has 3 heteroatoms. The SMILES string of the molecule is CC(C)[Si](OC1=CN=CC1)(C(C)C)C(C)C. The third-order valence-electron chi connectivity index (χ3n) is 3.63. The summed E-state index contributed by atoms with van der Waals surface area (Å²) >= 11 is 0. The van der Waals surface area contributed by atoms with E-state index in [1.54, 1.807) is 0 Å². The molecule has 0 aromatic heterocycles. The monoisotopic (exact) mass is 239 g/mol. The highest BCUT2D eigenvalue weighted by Crippen LogP contribution is 2.44. The van der Waals surface area contributed by atoms with Gasteiger partial charge in [-0.25, -0.2) is 0 Å². The molecule has 0 bridgehead atoms. The Balaban J connectivity index is 2.93. The summed E-state index contributed by atoms with van der Waals surface area (Å²) in [7, 11) is -1.74. The second-order valence-corrected chi connectivity index (χ2v) is 10.9. The molecule has 16 heavy (non-hydrogen) atoms. The van der Waals surface area contributed by atoms with Crippen molar-refractivity contribution >= 4 is 14.5 Å². The molecule has 0 unspecified atom stereocenters. The topological polar surface area (TPSA) is 21.6 Å². The van der Waals surface area contributed by atoms with Crippen LogP contribution in [-0.2, 0) is 4.43 Å². The van der Waals surface area contributed by atoms with E-state index in [1.807, 2.05) is 12.4 Å². The van der Waals surface area contributed by atoms with Crippen LogP contribution in [0.3, 0.4) is 0 Å². The number of nitrogens with zero attached hydrogens (tertiary/aromatic N) is 1. The van der Waals surface area contributed by atoms with Gasteiger partial charge in [0, 0.05) is 12.6 Å². The zero-order valence-electron chi connectivity index (χ0n) is 11.4. The molecule has 0 fully saturated rings. The highest BCUT2D eigenvalue weighted by Gasteiger charge is 2.47. The fraction of sp³-hybridized carbons (Fsp3) is 0.769. The molecule has 0 saturated carbocycles. The summed E-state index contributed by atoms with van der Waals surface area (Å²) in [5, 5.41) is 0. The molecule has 0 aromatic carbocycles. The van der Waals surface area contributed by atoms with Crippen molar-refractivity contribution < 1.29 is 4.43 Å². The maximum Gasteiger partial charge on any atom is 0.258 e. The predicted octanol–water partition coefficient (Wildman–Crippen LogP) is 4.49. The number of allylic oxidation sites excluding steroid dienone is 1. The number of hydrogen-bond acceptors (Lipinski definition) is 2. The van der Waals surface area contributed by atoms with E-state index in [9.17, 15) is 0 Å². The van der Waals surface area contributed by atoms with E-state index in [0.717, 1.165) is 12.2 Å². The van der Waals surface area contributed by atoms with Gasteiger partial charge in [0.2, 0.25) is 0 Å². The van der Waals surface area contributed by atoms with E-state index in [0.29, 0.717) is 16.6 Å². The van der Waals surface area contributed by atoms with Crippen molar-refractivity contribution in [1.82, 2.24) is 0 Å². The lowest BCUT2D eigenvalue weighted by Gasteiger charge is -2.42. The van der Waals surface area contributed by atoms with E-state index >= 15 is 0 Å². The maximum absolute atomic E-state index is 6.46. The van der Waals surface area contributed by atoms with Crippen molar-refractivity contribution in [2.24, 2.45) is 4.99 Å². The van der Waals surface area contributed by atoms with Crippen molar-refractivity contribution in [1.29, 1.82) is 0 Å². The molecule has 0 saturated heterocycles. The Bertz CT molecular complexity index is 271. The predicted molar refractivity (Wildman–Crippen MR) is 73.3 cm³/mol. The first-order valence-electron chi connectivity index (χ1n) is 6.31. The molecule has 1 aliphatic heterocycles. The van der Waals surface area contributed by atoms with Crippen LogP contribution in [0.15, 0.2) is 17.0 Å². The first kappa shape index (κ1) is 13.5. The van der Waals surface area contributed by atoms with E-state index in [1.165, 1.54) is 0 Å². The van der Waals surface area contributed by atoms with E-state index < -0.39 is 8.32 Å². The minimum atomic E-state index is -1.74.